The van der Waals surface area contributed by atoms with Gasteiger partial charge in [-0.3, -0.25) is 0 Å². The van der Waals surface area contributed by atoms with Crippen molar-refractivity contribution in [3.8, 4) is 5.75 Å². The van der Waals surface area contributed by atoms with Crippen molar-refractivity contribution in [3.63, 3.8) is 0 Å². The number of halogens is 1. The summed E-state index contributed by atoms with van der Waals surface area (Å²) in [7, 11) is 1.63. The van der Waals surface area contributed by atoms with Gasteiger partial charge in [0.1, 0.15) is 12.0 Å². The minimum absolute atomic E-state index is 0.535. The molecule has 0 fully saturated rings. The lowest BCUT2D eigenvalue weighted by Crippen LogP contribution is -1.93. The van der Waals surface area contributed by atoms with E-state index in [1.165, 1.54) is 0 Å². The predicted molar refractivity (Wildman–Crippen MR) is 55.1 cm³/mol. The van der Waals surface area contributed by atoms with Gasteiger partial charge in [0.25, 0.3) is 0 Å². The van der Waals surface area contributed by atoms with Gasteiger partial charge in [0, 0.05) is 6.42 Å². The zero-order chi connectivity index (χ0) is 9.68. The third kappa shape index (κ3) is 2.56. The number of methoxy groups -OCH3 is 1. The van der Waals surface area contributed by atoms with Crippen LogP contribution in [0.1, 0.15) is 12.0 Å². The van der Waals surface area contributed by atoms with Crippen molar-refractivity contribution in [1.29, 1.82) is 0 Å². The maximum Gasteiger partial charge on any atom is 0.136 e. The van der Waals surface area contributed by atoms with Gasteiger partial charge >= 0.3 is 0 Å². The molecule has 3 heteroatoms. The number of rotatable bonds is 4. The van der Waals surface area contributed by atoms with Crippen molar-refractivity contribution < 1.29 is 9.53 Å². The van der Waals surface area contributed by atoms with Gasteiger partial charge in [-0.2, -0.15) is 0 Å². The Kier molecular flexibility index (Phi) is 3.96. The molecule has 0 N–H and O–H groups in total. The van der Waals surface area contributed by atoms with Gasteiger partial charge in [-0.05, 0) is 34.0 Å². The van der Waals surface area contributed by atoms with E-state index in [4.69, 9.17) is 4.74 Å². The van der Waals surface area contributed by atoms with E-state index in [2.05, 4.69) is 15.9 Å². The van der Waals surface area contributed by atoms with Crippen LogP contribution in [0.15, 0.2) is 22.7 Å². The van der Waals surface area contributed by atoms with E-state index in [1.807, 2.05) is 18.2 Å². The van der Waals surface area contributed by atoms with Crippen molar-refractivity contribution in [1.82, 2.24) is 0 Å². The Morgan fingerprint density at radius 2 is 2.31 bits per heavy atom. The first-order chi connectivity index (χ1) is 6.29. The van der Waals surface area contributed by atoms with Crippen LogP contribution < -0.4 is 4.74 Å². The first-order valence-corrected chi connectivity index (χ1v) is 4.84. The molecule has 2 nitrogen and oxygen atoms in total. The molecule has 1 aromatic carbocycles. The van der Waals surface area contributed by atoms with Gasteiger partial charge in [0.15, 0.2) is 0 Å². The van der Waals surface area contributed by atoms with Crippen LogP contribution in [0.4, 0.5) is 0 Å². The van der Waals surface area contributed by atoms with Crippen LogP contribution in [0, 0.1) is 0 Å². The number of carbonyl (C=O) groups excluding carboxylic acids is 1. The largest absolute Gasteiger partial charge is 0.495 e. The highest BCUT2D eigenvalue weighted by Gasteiger charge is 2.05. The SMILES string of the molecule is COc1c(Br)cccc1CCC=O. The van der Waals surface area contributed by atoms with Crippen molar-refractivity contribution in [3.05, 3.63) is 28.2 Å². The lowest BCUT2D eigenvalue weighted by atomic mass is 10.1. The second-order valence-electron chi connectivity index (χ2n) is 2.64. The molecule has 0 unspecified atom stereocenters. The predicted octanol–water partition coefficient (Wildman–Crippen LogP) is 2.59. The Morgan fingerprint density at radius 3 is 2.92 bits per heavy atom. The molecule has 0 bridgehead atoms. The molecule has 0 spiro atoms. The number of ether oxygens (including phenoxy) is 1. The standard InChI is InChI=1S/C10H11BrO2/c1-13-10-8(5-3-7-12)4-2-6-9(10)11/h2,4,6-7H,3,5H2,1H3. The van der Waals surface area contributed by atoms with E-state index in [0.717, 1.165) is 28.5 Å². The minimum Gasteiger partial charge on any atom is -0.495 e. The number of hydrogen-bond donors (Lipinski definition) is 0. The molecule has 13 heavy (non-hydrogen) atoms. The van der Waals surface area contributed by atoms with E-state index in [9.17, 15) is 4.79 Å². The van der Waals surface area contributed by atoms with Crippen LogP contribution in [-0.4, -0.2) is 13.4 Å². The zero-order valence-corrected chi connectivity index (χ0v) is 9.00. The Balaban J connectivity index is 2.91. The Labute approximate surface area is 86.0 Å². The molecule has 0 amide bonds. The van der Waals surface area contributed by atoms with Gasteiger partial charge in [-0.15, -0.1) is 0 Å². The van der Waals surface area contributed by atoms with E-state index < -0.39 is 0 Å². The molecule has 0 atom stereocenters. The average Bonchev–Trinajstić information content (AvgIpc) is 2.15. The molecule has 0 aliphatic rings. The highest BCUT2D eigenvalue weighted by atomic mass is 79.9. The third-order valence-electron chi connectivity index (χ3n) is 1.78. The highest BCUT2D eigenvalue weighted by Crippen LogP contribution is 2.29. The normalized spacial score (nSPS) is 9.69. The maximum atomic E-state index is 10.2. The summed E-state index contributed by atoms with van der Waals surface area (Å²) < 4.78 is 6.14. The molecule has 0 saturated carbocycles. The Morgan fingerprint density at radius 1 is 1.54 bits per heavy atom. The zero-order valence-electron chi connectivity index (χ0n) is 7.42. The topological polar surface area (TPSA) is 26.3 Å². The molecule has 0 aromatic heterocycles. The van der Waals surface area contributed by atoms with E-state index in [1.54, 1.807) is 7.11 Å². The fourth-order valence-corrected chi connectivity index (χ4v) is 1.76. The average molecular weight is 243 g/mol. The molecule has 0 radical (unpaired) electrons. The number of hydrogen-bond acceptors (Lipinski definition) is 2. The Bertz CT molecular complexity index is 297. The summed E-state index contributed by atoms with van der Waals surface area (Å²) in [5.74, 6) is 0.823. The van der Waals surface area contributed by atoms with Crippen LogP contribution >= 0.6 is 15.9 Å². The number of aryl methyl sites for hydroxylation is 1. The van der Waals surface area contributed by atoms with Crippen LogP contribution in [0.2, 0.25) is 0 Å². The quantitative estimate of drug-likeness (QED) is 0.759. The summed E-state index contributed by atoms with van der Waals surface area (Å²) in [6, 6.07) is 5.82. The fourth-order valence-electron chi connectivity index (χ4n) is 1.19. The monoisotopic (exact) mass is 242 g/mol. The first-order valence-electron chi connectivity index (χ1n) is 4.04. The molecule has 0 heterocycles. The molecule has 1 aromatic rings. The Hall–Kier alpha value is -0.830. The fraction of sp³-hybridized carbons (Fsp3) is 0.300. The summed E-state index contributed by atoms with van der Waals surface area (Å²) in [6.45, 7) is 0. The van der Waals surface area contributed by atoms with Gasteiger partial charge < -0.3 is 9.53 Å². The molecular weight excluding hydrogens is 232 g/mol. The summed E-state index contributed by atoms with van der Waals surface area (Å²) in [6.07, 6.45) is 2.18. The molecule has 1 rings (SSSR count). The highest BCUT2D eigenvalue weighted by molar-refractivity contribution is 9.10. The summed E-state index contributed by atoms with van der Waals surface area (Å²) in [5, 5.41) is 0. The lowest BCUT2D eigenvalue weighted by Gasteiger charge is -2.08. The molecular formula is C10H11BrO2. The second-order valence-corrected chi connectivity index (χ2v) is 3.49. The third-order valence-corrected chi connectivity index (χ3v) is 2.41. The number of para-hydroxylation sites is 1. The van der Waals surface area contributed by atoms with Crippen molar-refractivity contribution >= 4 is 22.2 Å². The number of carbonyl (C=O) groups is 1. The summed E-state index contributed by atoms with van der Waals surface area (Å²) in [5.41, 5.74) is 1.06. The molecule has 70 valence electrons. The van der Waals surface area contributed by atoms with Gasteiger partial charge in [-0.25, -0.2) is 0 Å². The van der Waals surface area contributed by atoms with Crippen LogP contribution in [0.25, 0.3) is 0 Å². The number of aldehydes is 1. The van der Waals surface area contributed by atoms with E-state index in [-0.39, 0.29) is 0 Å². The summed E-state index contributed by atoms with van der Waals surface area (Å²) in [4.78, 5) is 10.2. The molecule has 0 aliphatic carbocycles. The maximum absolute atomic E-state index is 10.2. The van der Waals surface area contributed by atoms with Gasteiger partial charge in [-0.1, -0.05) is 12.1 Å². The molecule has 0 aliphatic heterocycles. The van der Waals surface area contributed by atoms with Crippen molar-refractivity contribution in [2.24, 2.45) is 0 Å². The van der Waals surface area contributed by atoms with Crippen molar-refractivity contribution in [2.45, 2.75) is 12.8 Å². The smallest absolute Gasteiger partial charge is 0.136 e. The lowest BCUT2D eigenvalue weighted by molar-refractivity contribution is -0.107. The van der Waals surface area contributed by atoms with Gasteiger partial charge in [0.2, 0.25) is 0 Å². The van der Waals surface area contributed by atoms with Gasteiger partial charge in [0.05, 0.1) is 11.6 Å². The molecule has 0 saturated heterocycles. The first kappa shape index (κ1) is 10.3. The van der Waals surface area contributed by atoms with Crippen molar-refractivity contribution in [2.75, 3.05) is 7.11 Å². The second kappa shape index (κ2) is 5.02. The minimum atomic E-state index is 0.535. The number of benzene rings is 1. The summed E-state index contributed by atoms with van der Waals surface area (Å²) >= 11 is 3.39. The van der Waals surface area contributed by atoms with Crippen LogP contribution in [0.5, 0.6) is 5.75 Å². The van der Waals surface area contributed by atoms with Crippen LogP contribution in [0.3, 0.4) is 0 Å². The van der Waals surface area contributed by atoms with E-state index >= 15 is 0 Å². The van der Waals surface area contributed by atoms with Crippen LogP contribution in [-0.2, 0) is 11.2 Å². The van der Waals surface area contributed by atoms with E-state index in [0.29, 0.717) is 6.42 Å².